The van der Waals surface area contributed by atoms with Crippen LogP contribution in [0, 0.1) is 0 Å². The van der Waals surface area contributed by atoms with Gasteiger partial charge in [0.25, 0.3) is 0 Å². The average molecular weight is 488 g/mol. The van der Waals surface area contributed by atoms with Crippen LogP contribution in [0.3, 0.4) is 0 Å². The Bertz CT molecular complexity index is 723. The third kappa shape index (κ3) is 6.67. The molecule has 1 aliphatic heterocycles. The van der Waals surface area contributed by atoms with Crippen LogP contribution in [0.25, 0.3) is 5.57 Å². The van der Waals surface area contributed by atoms with Crippen LogP contribution in [-0.2, 0) is 9.16 Å². The molecule has 0 saturated heterocycles. The van der Waals surface area contributed by atoms with E-state index in [1.807, 2.05) is 25.8 Å². The summed E-state index contributed by atoms with van der Waals surface area (Å²) in [5.74, 6) is 0.522. The highest BCUT2D eigenvalue weighted by Crippen LogP contribution is 2.38. The van der Waals surface area contributed by atoms with E-state index in [9.17, 15) is 4.79 Å². The molecular weight excluding hydrogens is 454 g/mol. The highest BCUT2D eigenvalue weighted by atomic mass is 79.9. The summed E-state index contributed by atoms with van der Waals surface area (Å²) >= 11 is 3.64. The molecule has 0 spiro atoms. The van der Waals surface area contributed by atoms with E-state index >= 15 is 0 Å². The highest BCUT2D eigenvalue weighted by molar-refractivity contribution is 9.09. The van der Waals surface area contributed by atoms with Crippen molar-refractivity contribution in [3.8, 4) is 0 Å². The number of hydrazine groups is 1. The fourth-order valence-electron chi connectivity index (χ4n) is 2.65. The van der Waals surface area contributed by atoms with Crippen molar-refractivity contribution in [2.75, 3.05) is 13.2 Å². The van der Waals surface area contributed by atoms with Crippen molar-refractivity contribution in [3.63, 3.8) is 0 Å². The minimum absolute atomic E-state index is 0.0171. The summed E-state index contributed by atoms with van der Waals surface area (Å²) in [6, 6.07) is -0.246. The second-order valence-electron chi connectivity index (χ2n) is 9.83. The van der Waals surface area contributed by atoms with E-state index in [2.05, 4.69) is 66.3 Å². The Hall–Kier alpha value is -1.16. The number of rotatable bonds is 5. The van der Waals surface area contributed by atoms with Crippen molar-refractivity contribution in [2.24, 2.45) is 0 Å². The summed E-state index contributed by atoms with van der Waals surface area (Å²) in [4.78, 5) is 16.8. The minimum atomic E-state index is -1.99. The molecule has 29 heavy (non-hydrogen) atoms. The number of hydrogen-bond acceptors (Lipinski definition) is 6. The van der Waals surface area contributed by atoms with Crippen LogP contribution in [0.1, 0.15) is 47.4 Å². The lowest BCUT2D eigenvalue weighted by Gasteiger charge is -2.41. The van der Waals surface area contributed by atoms with Crippen molar-refractivity contribution in [1.29, 1.82) is 0 Å². The van der Waals surface area contributed by atoms with Crippen LogP contribution in [0.15, 0.2) is 23.0 Å². The van der Waals surface area contributed by atoms with Crippen molar-refractivity contribution in [2.45, 2.75) is 76.1 Å². The van der Waals surface area contributed by atoms with Gasteiger partial charge in [-0.25, -0.2) is 14.8 Å². The molecule has 2 atom stereocenters. The fourth-order valence-corrected chi connectivity index (χ4v) is 4.25. The molecule has 1 amide bonds. The smallest absolute Gasteiger partial charge is 0.422 e. The van der Waals surface area contributed by atoms with Crippen LogP contribution in [-0.4, -0.2) is 54.0 Å². The lowest BCUT2D eigenvalue weighted by Crippen LogP contribution is -2.56. The molecule has 1 aliphatic rings. The number of carbonyl (C=O) groups excluding carboxylic acids is 1. The SMILES string of the molecule is CC(C)(C)OC(=O)NN1CC(Br)C=C(c2ncco2)[C@H]1CO[Si](C)(C)C(C)(C)C. The maximum atomic E-state index is 12.5. The molecule has 0 aliphatic carbocycles. The van der Waals surface area contributed by atoms with Gasteiger partial charge in [-0.15, -0.1) is 0 Å². The predicted octanol–water partition coefficient (Wildman–Crippen LogP) is 4.97. The molecule has 1 aromatic heterocycles. The van der Waals surface area contributed by atoms with Crippen LogP contribution >= 0.6 is 15.9 Å². The number of nitrogens with one attached hydrogen (secondary N) is 1. The van der Waals surface area contributed by atoms with Crippen molar-refractivity contribution in [3.05, 3.63) is 24.4 Å². The van der Waals surface area contributed by atoms with E-state index < -0.39 is 20.0 Å². The van der Waals surface area contributed by atoms with Gasteiger partial charge < -0.3 is 13.6 Å². The number of aromatic nitrogens is 1. The topological polar surface area (TPSA) is 76.8 Å². The zero-order valence-electron chi connectivity index (χ0n) is 18.7. The molecule has 1 aromatic rings. The van der Waals surface area contributed by atoms with Crippen molar-refractivity contribution in [1.82, 2.24) is 15.4 Å². The van der Waals surface area contributed by atoms with Gasteiger partial charge in [0, 0.05) is 16.9 Å². The first-order chi connectivity index (χ1) is 13.2. The van der Waals surface area contributed by atoms with E-state index in [-0.39, 0.29) is 15.9 Å². The lowest BCUT2D eigenvalue weighted by atomic mass is 10.0. The van der Waals surface area contributed by atoms with Crippen LogP contribution in [0.2, 0.25) is 18.1 Å². The van der Waals surface area contributed by atoms with Gasteiger partial charge in [0.15, 0.2) is 8.32 Å². The number of carbonyl (C=O) groups is 1. The van der Waals surface area contributed by atoms with Crippen LogP contribution in [0.5, 0.6) is 0 Å². The molecule has 0 radical (unpaired) electrons. The second-order valence-corrected chi connectivity index (χ2v) is 15.8. The summed E-state index contributed by atoms with van der Waals surface area (Å²) in [7, 11) is -1.99. The normalized spacial score (nSPS) is 21.6. The van der Waals surface area contributed by atoms with E-state index in [4.69, 9.17) is 13.6 Å². The van der Waals surface area contributed by atoms with Crippen molar-refractivity contribution >= 4 is 35.9 Å². The van der Waals surface area contributed by atoms with Gasteiger partial charge in [-0.05, 0) is 38.9 Å². The second kappa shape index (κ2) is 8.91. The maximum Gasteiger partial charge on any atom is 0.422 e. The van der Waals surface area contributed by atoms with Gasteiger partial charge >= 0.3 is 6.09 Å². The third-order valence-corrected chi connectivity index (χ3v) is 10.2. The van der Waals surface area contributed by atoms with E-state index in [0.717, 1.165) is 5.57 Å². The number of amides is 1. The van der Waals surface area contributed by atoms with Crippen LogP contribution in [0.4, 0.5) is 4.79 Å². The Morgan fingerprint density at radius 2 is 2.00 bits per heavy atom. The van der Waals surface area contributed by atoms with Gasteiger partial charge in [0.05, 0.1) is 18.8 Å². The van der Waals surface area contributed by atoms with Crippen LogP contribution < -0.4 is 5.43 Å². The minimum Gasteiger partial charge on any atom is -0.445 e. The third-order valence-electron chi connectivity index (χ3n) is 5.19. The predicted molar refractivity (Wildman–Crippen MR) is 120 cm³/mol. The zero-order valence-corrected chi connectivity index (χ0v) is 21.3. The largest absolute Gasteiger partial charge is 0.445 e. The number of nitrogens with zero attached hydrogens (tertiary/aromatic N) is 2. The Kier molecular flexibility index (Phi) is 7.41. The molecule has 0 bridgehead atoms. The molecule has 0 fully saturated rings. The van der Waals surface area contributed by atoms with E-state index in [0.29, 0.717) is 19.0 Å². The molecule has 1 unspecified atom stereocenters. The lowest BCUT2D eigenvalue weighted by molar-refractivity contribution is 0.0241. The highest BCUT2D eigenvalue weighted by Gasteiger charge is 2.40. The van der Waals surface area contributed by atoms with E-state index in [1.165, 1.54) is 0 Å². The summed E-state index contributed by atoms with van der Waals surface area (Å²) in [5.41, 5.74) is 3.18. The standard InChI is InChI=1S/C20H34BrN3O4Si/c1-19(2,3)28-18(25)23-24-12-14(21)11-15(17-22-9-10-26-17)16(24)13-27-29(7,8)20(4,5)6/h9-11,14,16H,12-13H2,1-8H3,(H,23,25)/t14?,16-/m1/s1. The van der Waals surface area contributed by atoms with Gasteiger partial charge in [-0.2, -0.15) is 0 Å². The van der Waals surface area contributed by atoms with Gasteiger partial charge in [0.1, 0.15) is 11.9 Å². The average Bonchev–Trinajstić information content (AvgIpc) is 3.04. The number of halogens is 1. The maximum absolute atomic E-state index is 12.5. The molecule has 0 aromatic carbocycles. The first-order valence-corrected chi connectivity index (χ1v) is 13.7. The molecule has 7 nitrogen and oxygen atoms in total. The molecule has 0 saturated carbocycles. The van der Waals surface area contributed by atoms with E-state index in [1.54, 1.807) is 12.5 Å². The summed E-state index contributed by atoms with van der Waals surface area (Å²) in [6.45, 7) is 17.5. The van der Waals surface area contributed by atoms with Gasteiger partial charge in [0.2, 0.25) is 5.89 Å². The quantitative estimate of drug-likeness (QED) is 0.466. The summed E-state index contributed by atoms with van der Waals surface area (Å²) in [6.07, 6.45) is 4.73. The summed E-state index contributed by atoms with van der Waals surface area (Å²) < 4.78 is 17.5. The number of ether oxygens (including phenoxy) is 1. The van der Waals surface area contributed by atoms with Crippen molar-refractivity contribution < 1.29 is 18.4 Å². The molecule has 9 heteroatoms. The Balaban J connectivity index is 2.28. The molecule has 1 N–H and O–H groups in total. The molecule has 2 rings (SSSR count). The number of hydrogen-bond donors (Lipinski definition) is 1. The number of alkyl halides is 1. The first kappa shape index (κ1) is 24.1. The van der Waals surface area contributed by atoms with Gasteiger partial charge in [-0.1, -0.05) is 42.8 Å². The molecule has 164 valence electrons. The monoisotopic (exact) mass is 487 g/mol. The number of oxazole rings is 1. The molecule has 2 heterocycles. The molecular formula is C20H34BrN3O4Si. The fraction of sp³-hybridized carbons (Fsp3) is 0.700. The Morgan fingerprint density at radius 1 is 1.34 bits per heavy atom. The Labute approximate surface area is 183 Å². The first-order valence-electron chi connectivity index (χ1n) is 9.85. The van der Waals surface area contributed by atoms with Gasteiger partial charge in [-0.3, -0.25) is 5.43 Å². The zero-order chi connectivity index (χ0) is 22.0. The Morgan fingerprint density at radius 3 is 2.52 bits per heavy atom. The summed E-state index contributed by atoms with van der Waals surface area (Å²) in [5, 5.41) is 1.93.